The number of benzene rings is 1. The van der Waals surface area contributed by atoms with Gasteiger partial charge in [0, 0.05) is 29.2 Å². The Labute approximate surface area is 112 Å². The van der Waals surface area contributed by atoms with E-state index in [9.17, 15) is 4.79 Å². The second kappa shape index (κ2) is 4.99. The molecule has 0 aliphatic carbocycles. The maximum Gasteiger partial charge on any atom is 0.186 e. The Kier molecular flexibility index (Phi) is 3.58. The Morgan fingerprint density at radius 1 is 1.17 bits per heavy atom. The van der Waals surface area contributed by atoms with E-state index in [2.05, 4.69) is 32.0 Å². The molecule has 0 N–H and O–H groups in total. The summed E-state index contributed by atoms with van der Waals surface area (Å²) in [5, 5.41) is 0. The van der Waals surface area contributed by atoms with Crippen LogP contribution in [0.25, 0.3) is 5.69 Å². The smallest absolute Gasteiger partial charge is 0.186 e. The molecule has 0 bridgehead atoms. The minimum absolute atomic E-state index is 0.00376. The van der Waals surface area contributed by atoms with Crippen molar-refractivity contribution < 1.29 is 0 Å². The average molecular weight is 262 g/mol. The second-order valence-electron chi connectivity index (χ2n) is 4.60. The van der Waals surface area contributed by atoms with Crippen LogP contribution in [0.5, 0.6) is 0 Å². The number of aryl methyl sites for hydroxylation is 3. The van der Waals surface area contributed by atoms with Gasteiger partial charge < -0.3 is 4.57 Å². The normalized spacial score (nSPS) is 10.7. The Bertz CT molecular complexity index is 643. The highest BCUT2D eigenvalue weighted by atomic mass is 35.5. The fourth-order valence-electron chi connectivity index (χ4n) is 2.01. The Morgan fingerprint density at radius 2 is 1.89 bits per heavy atom. The van der Waals surface area contributed by atoms with Crippen LogP contribution in [0.15, 0.2) is 35.3 Å². The zero-order chi connectivity index (χ0) is 13.3. The number of hydrogen-bond donors (Lipinski definition) is 0. The van der Waals surface area contributed by atoms with Crippen LogP contribution in [-0.4, -0.2) is 4.57 Å². The van der Waals surface area contributed by atoms with Gasteiger partial charge in [-0.05, 0) is 38.0 Å². The van der Waals surface area contributed by atoms with E-state index in [1.165, 1.54) is 11.1 Å². The van der Waals surface area contributed by atoms with E-state index < -0.39 is 0 Å². The summed E-state index contributed by atoms with van der Waals surface area (Å²) in [4.78, 5) is 11.7. The third-order valence-corrected chi connectivity index (χ3v) is 3.38. The second-order valence-corrected chi connectivity index (χ2v) is 4.87. The van der Waals surface area contributed by atoms with Gasteiger partial charge in [-0.15, -0.1) is 11.6 Å². The average Bonchev–Trinajstić information content (AvgIpc) is 2.33. The molecule has 18 heavy (non-hydrogen) atoms. The summed E-state index contributed by atoms with van der Waals surface area (Å²) in [5.74, 6) is 0.240. The molecule has 0 radical (unpaired) electrons. The topological polar surface area (TPSA) is 22.0 Å². The quantitative estimate of drug-likeness (QED) is 0.759. The van der Waals surface area contributed by atoms with Gasteiger partial charge in [0.15, 0.2) is 5.43 Å². The third-order valence-electron chi connectivity index (χ3n) is 3.09. The van der Waals surface area contributed by atoms with Crippen LogP contribution in [0.3, 0.4) is 0 Å². The summed E-state index contributed by atoms with van der Waals surface area (Å²) in [5.41, 5.74) is 5.02. The predicted molar refractivity (Wildman–Crippen MR) is 75.8 cm³/mol. The van der Waals surface area contributed by atoms with Crippen molar-refractivity contribution in [2.24, 2.45) is 0 Å². The van der Waals surface area contributed by atoms with Crippen molar-refractivity contribution in [2.75, 3.05) is 0 Å². The molecular formula is C15H16ClNO. The van der Waals surface area contributed by atoms with Crippen LogP contribution >= 0.6 is 11.6 Å². The molecule has 2 rings (SSSR count). The van der Waals surface area contributed by atoms with Crippen LogP contribution < -0.4 is 5.43 Å². The molecule has 0 atom stereocenters. The molecule has 1 heterocycles. The number of pyridine rings is 1. The first-order chi connectivity index (χ1) is 8.52. The van der Waals surface area contributed by atoms with Gasteiger partial charge in [-0.3, -0.25) is 4.79 Å². The van der Waals surface area contributed by atoms with Crippen LogP contribution in [-0.2, 0) is 5.88 Å². The Morgan fingerprint density at radius 3 is 2.56 bits per heavy atom. The molecular weight excluding hydrogens is 246 g/mol. The third kappa shape index (κ3) is 2.34. The van der Waals surface area contributed by atoms with Gasteiger partial charge in [0.1, 0.15) is 0 Å². The molecule has 2 nitrogen and oxygen atoms in total. The van der Waals surface area contributed by atoms with Crippen LogP contribution in [0, 0.1) is 20.8 Å². The molecule has 0 aliphatic heterocycles. The minimum Gasteiger partial charge on any atom is -0.320 e. The highest BCUT2D eigenvalue weighted by Gasteiger charge is 2.07. The first-order valence-corrected chi connectivity index (χ1v) is 6.42. The van der Waals surface area contributed by atoms with Crippen molar-refractivity contribution in [1.82, 2.24) is 4.57 Å². The number of halogens is 1. The van der Waals surface area contributed by atoms with E-state index in [4.69, 9.17) is 11.6 Å². The fourth-order valence-corrected chi connectivity index (χ4v) is 2.21. The van der Waals surface area contributed by atoms with Crippen molar-refractivity contribution in [3.63, 3.8) is 0 Å². The van der Waals surface area contributed by atoms with Crippen LogP contribution in [0.4, 0.5) is 0 Å². The Balaban J connectivity index is 2.70. The summed E-state index contributed by atoms with van der Waals surface area (Å²) in [6, 6.07) is 7.92. The zero-order valence-corrected chi connectivity index (χ0v) is 11.6. The summed E-state index contributed by atoms with van der Waals surface area (Å²) in [7, 11) is 0. The lowest BCUT2D eigenvalue weighted by molar-refractivity contribution is 0.943. The highest BCUT2D eigenvalue weighted by molar-refractivity contribution is 6.17. The Hall–Kier alpha value is -1.54. The molecule has 1 aromatic heterocycles. The first-order valence-electron chi connectivity index (χ1n) is 5.88. The largest absolute Gasteiger partial charge is 0.320 e. The summed E-state index contributed by atoms with van der Waals surface area (Å²) in [6.45, 7) is 6.05. The number of hydrogen-bond acceptors (Lipinski definition) is 1. The SMILES string of the molecule is Cc1ccc(C)c(-n2cc(CCl)c(=O)cc2C)c1. The lowest BCUT2D eigenvalue weighted by Crippen LogP contribution is -2.13. The highest BCUT2D eigenvalue weighted by Crippen LogP contribution is 2.18. The maximum absolute atomic E-state index is 11.7. The van der Waals surface area contributed by atoms with Crippen LogP contribution in [0.2, 0.25) is 0 Å². The van der Waals surface area contributed by atoms with Crippen molar-refractivity contribution in [3.8, 4) is 5.69 Å². The van der Waals surface area contributed by atoms with Gasteiger partial charge in [-0.2, -0.15) is 0 Å². The van der Waals surface area contributed by atoms with Gasteiger partial charge in [0.05, 0.1) is 5.88 Å². The number of aromatic nitrogens is 1. The summed E-state index contributed by atoms with van der Waals surface area (Å²) >= 11 is 5.80. The molecule has 0 saturated heterocycles. The van der Waals surface area contributed by atoms with Gasteiger partial charge in [0.2, 0.25) is 0 Å². The standard InChI is InChI=1S/C15H16ClNO/c1-10-4-5-11(2)14(6-10)17-9-13(8-16)15(18)7-12(17)3/h4-7,9H,8H2,1-3H3. The van der Waals surface area contributed by atoms with Crippen molar-refractivity contribution in [2.45, 2.75) is 26.7 Å². The molecule has 3 heteroatoms. The summed E-state index contributed by atoms with van der Waals surface area (Å²) in [6.07, 6.45) is 1.84. The van der Waals surface area contributed by atoms with E-state index in [1.54, 1.807) is 6.07 Å². The van der Waals surface area contributed by atoms with E-state index >= 15 is 0 Å². The number of rotatable bonds is 2. The van der Waals surface area contributed by atoms with Crippen molar-refractivity contribution >= 4 is 11.6 Å². The van der Waals surface area contributed by atoms with E-state index in [0.717, 1.165) is 11.4 Å². The molecule has 0 saturated carbocycles. The number of nitrogens with zero attached hydrogens (tertiary/aromatic N) is 1. The monoisotopic (exact) mass is 261 g/mol. The summed E-state index contributed by atoms with van der Waals surface area (Å²) < 4.78 is 2.03. The van der Waals surface area contributed by atoms with E-state index in [-0.39, 0.29) is 11.3 Å². The van der Waals surface area contributed by atoms with Crippen LogP contribution in [0.1, 0.15) is 22.4 Å². The van der Waals surface area contributed by atoms with Gasteiger partial charge in [0.25, 0.3) is 0 Å². The lowest BCUT2D eigenvalue weighted by atomic mass is 10.1. The first kappa shape index (κ1) is 12.9. The van der Waals surface area contributed by atoms with Gasteiger partial charge in [-0.1, -0.05) is 12.1 Å². The molecule has 0 aliphatic rings. The molecule has 0 spiro atoms. The van der Waals surface area contributed by atoms with Gasteiger partial charge >= 0.3 is 0 Å². The molecule has 94 valence electrons. The number of alkyl halides is 1. The molecule has 0 unspecified atom stereocenters. The minimum atomic E-state index is 0.00376. The van der Waals surface area contributed by atoms with Crippen molar-refractivity contribution in [1.29, 1.82) is 0 Å². The van der Waals surface area contributed by atoms with Crippen molar-refractivity contribution in [3.05, 3.63) is 63.1 Å². The maximum atomic E-state index is 11.7. The van der Waals surface area contributed by atoms with Gasteiger partial charge in [-0.25, -0.2) is 0 Å². The predicted octanol–water partition coefficient (Wildman–Crippen LogP) is 3.50. The fraction of sp³-hybridized carbons (Fsp3) is 0.267. The van der Waals surface area contributed by atoms with E-state index in [0.29, 0.717) is 5.56 Å². The zero-order valence-electron chi connectivity index (χ0n) is 10.8. The molecule has 0 fully saturated rings. The molecule has 0 amide bonds. The molecule has 1 aromatic carbocycles. The lowest BCUT2D eigenvalue weighted by Gasteiger charge is -2.15. The van der Waals surface area contributed by atoms with E-state index in [1.807, 2.05) is 17.7 Å². The molecule has 2 aromatic rings.